The van der Waals surface area contributed by atoms with Gasteiger partial charge < -0.3 is 43.4 Å². The molecule has 0 saturated carbocycles. The van der Waals surface area contributed by atoms with Crippen molar-refractivity contribution >= 4 is 177 Å². The van der Waals surface area contributed by atoms with Gasteiger partial charge in [0.1, 0.15) is 23.6 Å². The van der Waals surface area contributed by atoms with Crippen molar-refractivity contribution in [2.24, 2.45) is 0 Å². The largest absolute Gasteiger partial charge is 0.368 e. The smallest absolute Gasteiger partial charge is 0.263 e. The standard InChI is InChI=1S/C26H30ClN5O3S2.C25H26ClN5O3S2.C23H23ClN6O3S2.7H2/c1-18-17-30(22-6-8-23(9-7-22)37(34,35)29-26-28-11-15-36-26)13-14-31(18)25(33)19(2)32-12-3-4-20-16-21(27)5-10-24(20)32;1-17-16-29(21-5-7-22(8-6-21)36(33,34)28-25-27-10-14-35-25)12-13-30(17)24(32)18(2)31-11-9-19-3-4-20(26)15-23(19)31;1-16(30-9-8-17-2-3-18(24)14-21(17)30)22(31)29-12-10-28(11-13-29)19-4-6-20(7-5-19)35(32,33)27-23-26-25-15-34-23;;;;;;;/h5-11,15-16,18-19H,3-4,12-14,17H2,1-2H3,(H,28,29);3-11,14-15,17-18H,12-13,16H2,1-2H3,(H,27,28);2-9,14-16H,10-13H2,1H3,(H,26,27);7*1H/t18?,19-;17-,18-;16-;;;;;;;/m110......./s1. The molecule has 4 aliphatic rings. The number of nitrogens with zero attached hydrogens (tertiary/aromatic N) is 13. The van der Waals surface area contributed by atoms with E-state index in [0.717, 1.165) is 80.3 Å². The van der Waals surface area contributed by atoms with Crippen LogP contribution in [0.15, 0.2) is 195 Å². The van der Waals surface area contributed by atoms with E-state index in [9.17, 15) is 39.6 Å². The molecule has 25 nitrogen and oxygen atoms in total. The average molecular weight is 1650 g/mol. The van der Waals surface area contributed by atoms with Crippen LogP contribution < -0.4 is 33.8 Å². The lowest BCUT2D eigenvalue weighted by Gasteiger charge is -2.44. The number of hydrogen-bond acceptors (Lipinski definition) is 20. The van der Waals surface area contributed by atoms with E-state index >= 15 is 0 Å². The van der Waals surface area contributed by atoms with Crippen LogP contribution in [0.25, 0.3) is 21.8 Å². The first kappa shape index (κ1) is 77.1. The third kappa shape index (κ3) is 17.5. The van der Waals surface area contributed by atoms with Gasteiger partial charge in [-0.3, -0.25) is 28.5 Å². The number of sulfonamides is 3. The lowest BCUT2D eigenvalue weighted by molar-refractivity contribution is -0.137. The van der Waals surface area contributed by atoms with Crippen molar-refractivity contribution in [2.75, 3.05) is 106 Å². The van der Waals surface area contributed by atoms with Crippen LogP contribution in [0.1, 0.15) is 68.7 Å². The molecule has 15 rings (SSSR count). The number of amides is 3. The number of hydrogen-bond donors (Lipinski definition) is 3. The second kappa shape index (κ2) is 33.0. The quantitative estimate of drug-likeness (QED) is 0.0720. The molecule has 34 heteroatoms. The molecule has 0 bridgehead atoms. The van der Waals surface area contributed by atoms with Gasteiger partial charge in [0.05, 0.1) is 25.7 Å². The molecular formula is C74H93Cl3N16O9S6. The van der Waals surface area contributed by atoms with Crippen molar-refractivity contribution < 1.29 is 49.6 Å². The molecule has 6 aromatic carbocycles. The summed E-state index contributed by atoms with van der Waals surface area (Å²) in [5.41, 5.74) is 8.39. The van der Waals surface area contributed by atoms with Gasteiger partial charge in [0.15, 0.2) is 10.3 Å². The molecule has 5 aromatic heterocycles. The van der Waals surface area contributed by atoms with Gasteiger partial charge in [-0.25, -0.2) is 35.2 Å². The van der Waals surface area contributed by atoms with Crippen LogP contribution in [0.3, 0.4) is 0 Å². The second-order valence-corrected chi connectivity index (χ2v) is 35.6. The van der Waals surface area contributed by atoms with E-state index in [4.69, 9.17) is 34.8 Å². The Morgan fingerprint density at radius 3 is 1.35 bits per heavy atom. The zero-order chi connectivity index (χ0) is 76.2. The number of aryl methyl sites for hydroxylation is 1. The SMILES string of the molecule is CC1CN(c2ccc(S(=O)(=O)Nc3nccs3)cc2)CCN1C(=O)[C@@H](C)N1CCCc2cc(Cl)ccc21.C[C@@H](C(=O)N1CCN(c2ccc(S(=O)(=O)Nc3nncs3)cc2)CC1)n1ccc2ccc(Cl)cc21.C[C@@H]1CN(c2ccc(S(=O)(=O)Nc3nccs3)cc2)CCN1C(=O)[C@@H](C)n1ccc2ccc(Cl)cc21.[HH].[HH].[HH].[HH].[HH].[HH].[HH]. The normalized spacial score (nSPS) is 17.2. The third-order valence-electron chi connectivity index (χ3n) is 19.8. The van der Waals surface area contributed by atoms with Crippen molar-refractivity contribution in [2.45, 2.75) is 92.4 Å². The van der Waals surface area contributed by atoms with Gasteiger partial charge in [-0.1, -0.05) is 58.3 Å². The second-order valence-electron chi connectivity index (χ2n) is 26.6. The lowest BCUT2D eigenvalue weighted by Crippen LogP contribution is -2.58. The van der Waals surface area contributed by atoms with Crippen molar-refractivity contribution in [1.29, 1.82) is 0 Å². The fraction of sp³-hybridized carbons (Fsp3) is 0.311. The summed E-state index contributed by atoms with van der Waals surface area (Å²) < 4.78 is 86.9. The van der Waals surface area contributed by atoms with Crippen molar-refractivity contribution in [3.63, 3.8) is 0 Å². The van der Waals surface area contributed by atoms with E-state index in [2.05, 4.69) is 60.9 Å². The molecule has 3 amide bonds. The van der Waals surface area contributed by atoms with E-state index in [0.29, 0.717) is 85.8 Å². The van der Waals surface area contributed by atoms with Crippen LogP contribution in [-0.2, 0) is 50.9 Å². The fourth-order valence-electron chi connectivity index (χ4n) is 14.1. The molecule has 108 heavy (non-hydrogen) atoms. The highest BCUT2D eigenvalue weighted by molar-refractivity contribution is 7.93. The van der Waals surface area contributed by atoms with E-state index in [1.807, 2.05) is 143 Å². The van der Waals surface area contributed by atoms with Gasteiger partial charge >= 0.3 is 0 Å². The summed E-state index contributed by atoms with van der Waals surface area (Å²) in [6.07, 6.45) is 8.94. The number of aromatic nitrogens is 6. The minimum absolute atomic E-state index is 0. The van der Waals surface area contributed by atoms with Crippen LogP contribution in [0.4, 0.5) is 38.1 Å². The molecule has 0 aliphatic carbocycles. The molecule has 11 aromatic rings. The van der Waals surface area contributed by atoms with E-state index in [-0.39, 0.29) is 77.7 Å². The number of benzene rings is 6. The Hall–Kier alpha value is -9.05. The molecule has 0 radical (unpaired) electrons. The first-order valence-electron chi connectivity index (χ1n) is 34.9. The summed E-state index contributed by atoms with van der Waals surface area (Å²) in [6, 6.07) is 40.7. The maximum Gasteiger partial charge on any atom is 0.263 e. The van der Waals surface area contributed by atoms with Gasteiger partial charge in [0.25, 0.3) is 30.1 Å². The van der Waals surface area contributed by atoms with Gasteiger partial charge in [-0.05, 0) is 191 Å². The minimum Gasteiger partial charge on any atom is -0.368 e. The number of thiazole rings is 2. The highest BCUT2D eigenvalue weighted by atomic mass is 35.5. The Bertz CT molecular complexity index is 5390. The Kier molecular flexibility index (Phi) is 23.6. The number of fused-ring (bicyclic) bond motifs is 3. The molecule has 3 saturated heterocycles. The predicted octanol–water partition coefficient (Wildman–Crippen LogP) is 14.9. The van der Waals surface area contributed by atoms with Crippen LogP contribution in [-0.4, -0.2) is 177 Å². The minimum atomic E-state index is -3.72. The lowest BCUT2D eigenvalue weighted by atomic mass is 9.99. The first-order chi connectivity index (χ1) is 51.8. The molecule has 0 spiro atoms. The molecular weight excluding hydrogens is 1560 g/mol. The maximum absolute atomic E-state index is 13.6. The molecule has 4 aliphatic heterocycles. The molecule has 3 N–H and O–H groups in total. The summed E-state index contributed by atoms with van der Waals surface area (Å²) in [4.78, 5) is 63.2. The maximum atomic E-state index is 13.6. The third-order valence-corrected chi connectivity index (χ3v) is 26.9. The molecule has 5 atom stereocenters. The number of carbonyl (C=O) groups excluding carboxylic acids is 3. The summed E-state index contributed by atoms with van der Waals surface area (Å²) in [5.74, 6) is 0.255. The van der Waals surface area contributed by atoms with Gasteiger partial charge in [-0.2, -0.15) is 0 Å². The summed E-state index contributed by atoms with van der Waals surface area (Å²) in [5, 5.41) is 15.8. The summed E-state index contributed by atoms with van der Waals surface area (Å²) >= 11 is 22.1. The predicted molar refractivity (Wildman–Crippen MR) is 446 cm³/mol. The van der Waals surface area contributed by atoms with E-state index in [1.165, 1.54) is 33.7 Å². The van der Waals surface area contributed by atoms with E-state index < -0.39 is 30.1 Å². The zero-order valence-electron chi connectivity index (χ0n) is 59.5. The monoisotopic (exact) mass is 1650 g/mol. The Morgan fingerprint density at radius 2 is 0.907 bits per heavy atom. The van der Waals surface area contributed by atoms with Crippen LogP contribution in [0.5, 0.6) is 0 Å². The molecule has 1 unspecified atom stereocenters. The summed E-state index contributed by atoms with van der Waals surface area (Å²) in [7, 11) is -11.1. The van der Waals surface area contributed by atoms with E-state index in [1.54, 1.807) is 83.8 Å². The zero-order valence-corrected chi connectivity index (χ0v) is 66.6. The van der Waals surface area contributed by atoms with Crippen molar-refractivity contribution in [1.82, 2.24) is 44.0 Å². The van der Waals surface area contributed by atoms with Crippen LogP contribution >= 0.6 is 68.8 Å². The van der Waals surface area contributed by atoms with Gasteiger partial charge in [0, 0.05) is 167 Å². The Labute approximate surface area is 664 Å². The summed E-state index contributed by atoms with van der Waals surface area (Å²) in [6.45, 7) is 17.1. The number of carbonyl (C=O) groups is 3. The number of anilines is 7. The Balaban J connectivity index is 0.000000260. The highest BCUT2D eigenvalue weighted by Gasteiger charge is 2.36. The molecule has 9 heterocycles. The van der Waals surface area contributed by atoms with Gasteiger partial charge in [-0.15, -0.1) is 32.9 Å². The van der Waals surface area contributed by atoms with Crippen molar-refractivity contribution in [3.05, 3.63) is 201 Å². The highest BCUT2D eigenvalue weighted by Crippen LogP contribution is 2.35. The average Bonchev–Trinajstić information content (AvgIpc) is 1.77. The van der Waals surface area contributed by atoms with Crippen LogP contribution in [0.2, 0.25) is 15.1 Å². The number of piperazine rings is 3. The Morgan fingerprint density at radius 1 is 0.481 bits per heavy atom. The molecule has 3 fully saturated rings. The van der Waals surface area contributed by atoms with Crippen molar-refractivity contribution in [3.8, 4) is 0 Å². The first-order valence-corrected chi connectivity index (χ1v) is 43.2. The topological polar surface area (TPSA) is 274 Å². The van der Waals surface area contributed by atoms with Crippen LogP contribution in [0, 0.1) is 0 Å². The fourth-order valence-corrected chi connectivity index (χ4v) is 19.8. The van der Waals surface area contributed by atoms with Gasteiger partial charge in [0.2, 0.25) is 22.9 Å². The molecule has 580 valence electrons. The number of nitrogens with one attached hydrogen (secondary N) is 3. The number of rotatable bonds is 18. The number of halogens is 3.